The fourth-order valence-electron chi connectivity index (χ4n) is 1.39. The van der Waals surface area contributed by atoms with Crippen LogP contribution in [0.2, 0.25) is 0 Å². The number of hydrogen-bond donors (Lipinski definition) is 3. The molecule has 4 heteroatoms. The van der Waals surface area contributed by atoms with Crippen molar-refractivity contribution in [3.05, 3.63) is 29.3 Å². The topological polar surface area (TPSA) is 65.0 Å². The fourth-order valence-corrected chi connectivity index (χ4v) is 1.39. The van der Waals surface area contributed by atoms with Crippen molar-refractivity contribution >= 4 is 17.8 Å². The Morgan fingerprint density at radius 3 is 2.81 bits per heavy atom. The monoisotopic (exact) mass is 219 g/mol. The number of rotatable bonds is 5. The molecule has 1 rings (SSSR count). The molecule has 0 aromatic heterocycles. The van der Waals surface area contributed by atoms with Crippen molar-refractivity contribution in [2.24, 2.45) is 0 Å². The van der Waals surface area contributed by atoms with E-state index in [0.717, 1.165) is 24.2 Å². The summed E-state index contributed by atoms with van der Waals surface area (Å²) in [6.45, 7) is 2.94. The minimum atomic E-state index is -0.134. The first-order valence-corrected chi connectivity index (χ1v) is 5.33. The van der Waals surface area contributed by atoms with Gasteiger partial charge in [0.1, 0.15) is 0 Å². The van der Waals surface area contributed by atoms with Crippen LogP contribution in [0.5, 0.6) is 0 Å². The van der Waals surface area contributed by atoms with Gasteiger partial charge >= 0.3 is 0 Å². The van der Waals surface area contributed by atoms with Gasteiger partial charge in [-0.1, -0.05) is 6.92 Å². The number of benzene rings is 1. The van der Waals surface area contributed by atoms with E-state index in [1.54, 1.807) is 19.2 Å². The van der Waals surface area contributed by atoms with Crippen molar-refractivity contribution < 1.29 is 4.79 Å². The van der Waals surface area contributed by atoms with Gasteiger partial charge in [0.05, 0.1) is 0 Å². The van der Waals surface area contributed by atoms with Crippen LogP contribution in [0.1, 0.15) is 29.3 Å². The van der Waals surface area contributed by atoms with Crippen LogP contribution < -0.4 is 10.6 Å². The molecule has 0 saturated heterocycles. The number of anilines is 1. The molecule has 0 aliphatic carbocycles. The summed E-state index contributed by atoms with van der Waals surface area (Å²) in [5.74, 6) is -0.134. The van der Waals surface area contributed by atoms with E-state index in [0.29, 0.717) is 5.56 Å². The molecule has 0 saturated carbocycles. The highest BCUT2D eigenvalue weighted by Crippen LogP contribution is 2.15. The second-order valence-corrected chi connectivity index (χ2v) is 3.45. The van der Waals surface area contributed by atoms with Crippen LogP contribution in [0, 0.1) is 5.41 Å². The maximum atomic E-state index is 11.4. The molecule has 16 heavy (non-hydrogen) atoms. The highest BCUT2D eigenvalue weighted by molar-refractivity contribution is 5.97. The first-order valence-electron chi connectivity index (χ1n) is 5.33. The highest BCUT2D eigenvalue weighted by atomic mass is 16.1. The van der Waals surface area contributed by atoms with Crippen LogP contribution in [-0.2, 0) is 0 Å². The fraction of sp³-hybridized carbons (Fsp3) is 0.333. The molecule has 0 atom stereocenters. The summed E-state index contributed by atoms with van der Waals surface area (Å²) in [5, 5.41) is 13.1. The van der Waals surface area contributed by atoms with Crippen LogP contribution in [0.25, 0.3) is 0 Å². The summed E-state index contributed by atoms with van der Waals surface area (Å²) < 4.78 is 0. The molecule has 1 aromatic carbocycles. The maximum Gasteiger partial charge on any atom is 0.251 e. The van der Waals surface area contributed by atoms with E-state index in [-0.39, 0.29) is 5.91 Å². The van der Waals surface area contributed by atoms with Crippen LogP contribution in [0.15, 0.2) is 18.2 Å². The van der Waals surface area contributed by atoms with Crippen molar-refractivity contribution in [2.75, 3.05) is 18.9 Å². The Morgan fingerprint density at radius 2 is 2.25 bits per heavy atom. The molecular formula is C12H17N3O. The van der Waals surface area contributed by atoms with Gasteiger partial charge in [-0.05, 0) is 24.6 Å². The first-order chi connectivity index (χ1) is 7.72. The Bertz CT molecular complexity index is 388. The molecule has 0 aliphatic rings. The largest absolute Gasteiger partial charge is 0.385 e. The highest BCUT2D eigenvalue weighted by Gasteiger charge is 2.06. The second-order valence-electron chi connectivity index (χ2n) is 3.45. The summed E-state index contributed by atoms with van der Waals surface area (Å²) in [6.07, 6.45) is 2.28. The average molecular weight is 219 g/mol. The summed E-state index contributed by atoms with van der Waals surface area (Å²) >= 11 is 0. The van der Waals surface area contributed by atoms with Crippen LogP contribution in [0.4, 0.5) is 5.69 Å². The van der Waals surface area contributed by atoms with Crippen molar-refractivity contribution in [3.63, 3.8) is 0 Å². The number of carbonyl (C=O) groups is 1. The predicted octanol–water partition coefficient (Wildman–Crippen LogP) is 1.87. The third-order valence-corrected chi connectivity index (χ3v) is 2.26. The smallest absolute Gasteiger partial charge is 0.251 e. The molecule has 0 heterocycles. The van der Waals surface area contributed by atoms with E-state index < -0.39 is 0 Å². The molecule has 0 radical (unpaired) electrons. The molecule has 0 unspecified atom stereocenters. The summed E-state index contributed by atoms with van der Waals surface area (Å²) in [4.78, 5) is 11.4. The van der Waals surface area contributed by atoms with Crippen molar-refractivity contribution in [3.8, 4) is 0 Å². The summed E-state index contributed by atoms with van der Waals surface area (Å²) in [5.41, 5.74) is 2.20. The zero-order valence-corrected chi connectivity index (χ0v) is 9.63. The number of hydrogen-bond acceptors (Lipinski definition) is 3. The number of carbonyl (C=O) groups excluding carboxylic acids is 1. The molecule has 0 bridgehead atoms. The molecule has 0 spiro atoms. The van der Waals surface area contributed by atoms with Gasteiger partial charge in [0.25, 0.3) is 5.91 Å². The molecule has 86 valence electrons. The Labute approximate surface area is 95.6 Å². The maximum absolute atomic E-state index is 11.4. The van der Waals surface area contributed by atoms with Gasteiger partial charge in [-0.2, -0.15) is 0 Å². The van der Waals surface area contributed by atoms with E-state index in [1.807, 2.05) is 6.07 Å². The lowest BCUT2D eigenvalue weighted by Crippen LogP contribution is -2.18. The van der Waals surface area contributed by atoms with Crippen LogP contribution >= 0.6 is 0 Å². The van der Waals surface area contributed by atoms with Crippen LogP contribution in [-0.4, -0.2) is 25.7 Å². The number of nitrogens with one attached hydrogen (secondary N) is 3. The Morgan fingerprint density at radius 1 is 1.50 bits per heavy atom. The van der Waals surface area contributed by atoms with E-state index in [4.69, 9.17) is 5.41 Å². The summed E-state index contributed by atoms with van der Waals surface area (Å²) in [7, 11) is 1.59. The van der Waals surface area contributed by atoms with Crippen LogP contribution in [0.3, 0.4) is 0 Å². The standard InChI is InChI=1S/C12H17N3O/c1-3-6-15-11-5-4-9(12(16)14-2)7-10(11)8-13/h4-5,7-8,13,15H,3,6H2,1-2H3,(H,14,16). The quantitative estimate of drug-likeness (QED) is 0.662. The van der Waals surface area contributed by atoms with E-state index in [1.165, 1.54) is 6.21 Å². The molecule has 1 amide bonds. The van der Waals surface area contributed by atoms with E-state index >= 15 is 0 Å². The van der Waals surface area contributed by atoms with Gasteiger partial charge in [0.2, 0.25) is 0 Å². The lowest BCUT2D eigenvalue weighted by Gasteiger charge is -2.09. The Balaban J connectivity index is 2.97. The lowest BCUT2D eigenvalue weighted by atomic mass is 10.1. The van der Waals surface area contributed by atoms with Gasteiger partial charge < -0.3 is 16.0 Å². The first kappa shape index (κ1) is 12.2. The lowest BCUT2D eigenvalue weighted by molar-refractivity contribution is 0.0963. The van der Waals surface area contributed by atoms with Crippen molar-refractivity contribution in [1.29, 1.82) is 5.41 Å². The Hall–Kier alpha value is -1.84. The molecule has 3 N–H and O–H groups in total. The predicted molar refractivity (Wildman–Crippen MR) is 66.5 cm³/mol. The van der Waals surface area contributed by atoms with Gasteiger partial charge in [-0.25, -0.2) is 0 Å². The minimum absolute atomic E-state index is 0.134. The van der Waals surface area contributed by atoms with Gasteiger partial charge in [0.15, 0.2) is 0 Å². The zero-order chi connectivity index (χ0) is 12.0. The Kier molecular flexibility index (Phi) is 4.51. The van der Waals surface area contributed by atoms with Crippen molar-refractivity contribution in [2.45, 2.75) is 13.3 Å². The van der Waals surface area contributed by atoms with Gasteiger partial charge in [-0.15, -0.1) is 0 Å². The van der Waals surface area contributed by atoms with E-state index in [9.17, 15) is 4.79 Å². The normalized spacial score (nSPS) is 9.62. The van der Waals surface area contributed by atoms with Gasteiger partial charge in [-0.3, -0.25) is 4.79 Å². The second kappa shape index (κ2) is 5.90. The third kappa shape index (κ3) is 2.82. The molecule has 0 aliphatic heterocycles. The average Bonchev–Trinajstić information content (AvgIpc) is 2.35. The summed E-state index contributed by atoms with van der Waals surface area (Å²) in [6, 6.07) is 5.30. The third-order valence-electron chi connectivity index (χ3n) is 2.26. The zero-order valence-electron chi connectivity index (χ0n) is 9.63. The van der Waals surface area contributed by atoms with Gasteiger partial charge in [0, 0.05) is 36.6 Å². The SMILES string of the molecule is CCCNc1ccc(C(=O)NC)cc1C=N. The molecule has 0 fully saturated rings. The van der Waals surface area contributed by atoms with Crippen molar-refractivity contribution in [1.82, 2.24) is 5.32 Å². The minimum Gasteiger partial charge on any atom is -0.385 e. The van der Waals surface area contributed by atoms with E-state index in [2.05, 4.69) is 17.6 Å². The molecular weight excluding hydrogens is 202 g/mol. The molecule has 1 aromatic rings. The number of amides is 1. The molecule has 4 nitrogen and oxygen atoms in total.